The second-order valence-electron chi connectivity index (χ2n) is 3.51. The Balaban J connectivity index is 0.000000284. The maximum atomic E-state index is 4.93. The molecule has 2 rings (SSSR count). The van der Waals surface area contributed by atoms with E-state index in [2.05, 4.69) is 37.8 Å². The molecule has 19 heavy (non-hydrogen) atoms. The summed E-state index contributed by atoms with van der Waals surface area (Å²) in [5.74, 6) is 2.57. The summed E-state index contributed by atoms with van der Waals surface area (Å²) >= 11 is -0.826. The van der Waals surface area contributed by atoms with Crippen molar-refractivity contribution in [1.29, 1.82) is 0 Å². The van der Waals surface area contributed by atoms with Gasteiger partial charge >= 0.3 is 37.9 Å². The molecule has 0 atom stereocenters. The zero-order valence-electron chi connectivity index (χ0n) is 11.2. The van der Waals surface area contributed by atoms with Gasteiger partial charge < -0.3 is 0 Å². The molecule has 0 amide bonds. The zero-order chi connectivity index (χ0) is 14.3. The molecular weight excluding hydrogens is 354 g/mol. The van der Waals surface area contributed by atoms with Crippen molar-refractivity contribution >= 4 is 17.0 Å². The molecular formula is C16H18Cl2Zr+2. The van der Waals surface area contributed by atoms with Gasteiger partial charge in [0, 0.05) is 11.8 Å². The number of hydrogen-bond acceptors (Lipinski definition) is 0. The topological polar surface area (TPSA) is 0 Å². The van der Waals surface area contributed by atoms with Crippen molar-refractivity contribution in [3.63, 3.8) is 0 Å². The summed E-state index contributed by atoms with van der Waals surface area (Å²) in [6.45, 7) is 4.04. The van der Waals surface area contributed by atoms with Gasteiger partial charge in [-0.05, 0) is 65.2 Å². The van der Waals surface area contributed by atoms with Gasteiger partial charge in [0.05, 0.1) is 0 Å². The Morgan fingerprint density at radius 2 is 1.00 bits per heavy atom. The first-order valence-corrected chi connectivity index (χ1v) is 12.3. The predicted molar refractivity (Wildman–Crippen MR) is 82.2 cm³/mol. The van der Waals surface area contributed by atoms with Gasteiger partial charge in [-0.1, -0.05) is 24.3 Å². The molecule has 2 aliphatic rings. The van der Waals surface area contributed by atoms with E-state index < -0.39 is 20.8 Å². The van der Waals surface area contributed by atoms with E-state index in [1.807, 2.05) is 51.7 Å². The van der Waals surface area contributed by atoms with Gasteiger partial charge in [-0.15, -0.1) is 0 Å². The van der Waals surface area contributed by atoms with Crippen LogP contribution in [0.25, 0.3) is 0 Å². The first-order valence-electron chi connectivity index (χ1n) is 5.93. The van der Waals surface area contributed by atoms with Crippen molar-refractivity contribution in [2.24, 2.45) is 0 Å². The van der Waals surface area contributed by atoms with Crippen LogP contribution in [-0.2, 0) is 20.8 Å². The average molecular weight is 372 g/mol. The normalized spacial score (nSPS) is 20.0. The molecule has 0 spiro atoms. The van der Waals surface area contributed by atoms with Crippen molar-refractivity contribution in [2.75, 3.05) is 0 Å². The molecule has 0 N–H and O–H groups in total. The van der Waals surface area contributed by atoms with E-state index in [4.69, 9.17) is 17.0 Å². The van der Waals surface area contributed by atoms with Crippen molar-refractivity contribution in [2.45, 2.75) is 13.8 Å². The molecule has 0 aliphatic heterocycles. The molecule has 0 aromatic heterocycles. The molecule has 0 heterocycles. The van der Waals surface area contributed by atoms with Gasteiger partial charge in [-0.25, -0.2) is 0 Å². The van der Waals surface area contributed by atoms with E-state index in [9.17, 15) is 0 Å². The van der Waals surface area contributed by atoms with Crippen LogP contribution in [0, 0.1) is 63.2 Å². The SMILES string of the molecule is C/C=C/[C]1[CH][CH][CH][CH]1.C/C=C/[C]1[CH][CH][CH][CH]1.[Cl][Zr+2][Cl]. The summed E-state index contributed by atoms with van der Waals surface area (Å²) in [5, 5.41) is 0. The molecule has 2 aliphatic carbocycles. The molecule has 0 aromatic rings. The fraction of sp³-hybridized carbons (Fsp3) is 0.125. The molecule has 0 bridgehead atoms. The minimum atomic E-state index is -0.826. The second kappa shape index (κ2) is 15.3. The maximum absolute atomic E-state index is 4.93. The average Bonchev–Trinajstić information content (AvgIpc) is 3.05. The molecule has 10 radical (unpaired) electrons. The van der Waals surface area contributed by atoms with E-state index in [1.54, 1.807) is 0 Å². The van der Waals surface area contributed by atoms with Crippen LogP contribution in [0.5, 0.6) is 0 Å². The predicted octanol–water partition coefficient (Wildman–Crippen LogP) is 5.31. The van der Waals surface area contributed by atoms with Gasteiger partial charge in [-0.3, -0.25) is 0 Å². The standard InChI is InChI=1S/2C8H9.2ClH.Zr/c2*1-2-5-8-6-3-4-7-8;;;/h2*2-7H,1H3;2*1H;/q;;;;+4/p-2/b2*5-2+;;;. The van der Waals surface area contributed by atoms with Gasteiger partial charge in [0.2, 0.25) is 0 Å². The molecule has 98 valence electrons. The van der Waals surface area contributed by atoms with Gasteiger partial charge in [0.1, 0.15) is 0 Å². The van der Waals surface area contributed by atoms with Crippen molar-refractivity contribution in [3.05, 3.63) is 87.5 Å². The molecule has 0 nitrogen and oxygen atoms in total. The first kappa shape index (κ1) is 19.9. The van der Waals surface area contributed by atoms with E-state index >= 15 is 0 Å². The fourth-order valence-electron chi connectivity index (χ4n) is 1.38. The Labute approximate surface area is 138 Å². The van der Waals surface area contributed by atoms with Crippen LogP contribution in [0.2, 0.25) is 0 Å². The third-order valence-corrected chi connectivity index (χ3v) is 2.10. The van der Waals surface area contributed by atoms with Crippen molar-refractivity contribution < 1.29 is 20.8 Å². The van der Waals surface area contributed by atoms with Gasteiger partial charge in [0.25, 0.3) is 0 Å². The Morgan fingerprint density at radius 3 is 1.21 bits per heavy atom. The van der Waals surface area contributed by atoms with E-state index in [1.165, 1.54) is 11.8 Å². The number of hydrogen-bond donors (Lipinski definition) is 0. The summed E-state index contributed by atoms with van der Waals surface area (Å²) in [6.07, 6.45) is 24.7. The third kappa shape index (κ3) is 12.4. The van der Waals surface area contributed by atoms with E-state index in [-0.39, 0.29) is 0 Å². The first-order chi connectivity index (χ1) is 9.28. The van der Waals surface area contributed by atoms with Crippen LogP contribution in [0.3, 0.4) is 0 Å². The third-order valence-electron chi connectivity index (χ3n) is 2.10. The summed E-state index contributed by atoms with van der Waals surface area (Å²) in [7, 11) is 9.87. The van der Waals surface area contributed by atoms with E-state index in [0.717, 1.165) is 0 Å². The minimum absolute atomic E-state index is 0.826. The van der Waals surface area contributed by atoms with Crippen LogP contribution in [-0.4, -0.2) is 0 Å². The number of rotatable bonds is 2. The van der Waals surface area contributed by atoms with Crippen LogP contribution in [0.4, 0.5) is 0 Å². The molecule has 0 aromatic carbocycles. The number of halogens is 2. The Kier molecular flexibility index (Phi) is 16.1. The fourth-order valence-corrected chi connectivity index (χ4v) is 1.38. The van der Waals surface area contributed by atoms with Crippen LogP contribution in [0.1, 0.15) is 13.8 Å². The summed E-state index contributed by atoms with van der Waals surface area (Å²) in [6, 6.07) is 0. The van der Waals surface area contributed by atoms with Gasteiger partial charge in [0.15, 0.2) is 0 Å². The Morgan fingerprint density at radius 1 is 0.737 bits per heavy atom. The van der Waals surface area contributed by atoms with Crippen LogP contribution in [0.15, 0.2) is 24.3 Å². The van der Waals surface area contributed by atoms with Crippen LogP contribution >= 0.6 is 17.0 Å². The zero-order valence-corrected chi connectivity index (χ0v) is 15.2. The van der Waals surface area contributed by atoms with Crippen molar-refractivity contribution in [1.82, 2.24) is 0 Å². The quantitative estimate of drug-likeness (QED) is 0.616. The van der Waals surface area contributed by atoms with Crippen molar-refractivity contribution in [3.8, 4) is 0 Å². The summed E-state index contributed by atoms with van der Waals surface area (Å²) in [4.78, 5) is 0. The molecule has 3 heteroatoms. The Bertz CT molecular complexity index is 203. The second-order valence-corrected chi connectivity index (χ2v) is 7.24. The van der Waals surface area contributed by atoms with E-state index in [0.29, 0.717) is 0 Å². The molecule has 2 fully saturated rings. The Hall–Kier alpha value is 0.943. The summed E-state index contributed by atoms with van der Waals surface area (Å²) < 4.78 is 0. The van der Waals surface area contributed by atoms with Crippen LogP contribution < -0.4 is 0 Å². The molecule has 2 saturated carbocycles. The number of allylic oxidation sites excluding steroid dienone is 4. The molecule has 0 unspecified atom stereocenters. The monoisotopic (exact) mass is 370 g/mol. The van der Waals surface area contributed by atoms with Gasteiger partial charge in [-0.2, -0.15) is 0 Å². The summed E-state index contributed by atoms with van der Waals surface area (Å²) in [5.41, 5.74) is 0. The molecule has 0 saturated heterocycles.